The van der Waals surface area contributed by atoms with E-state index in [-0.39, 0.29) is 34.4 Å². The fraction of sp³-hybridized carbons (Fsp3) is 0.448. The molecule has 0 unspecified atom stereocenters. The number of pyridine rings is 1. The maximum absolute atomic E-state index is 14.1. The number of carbonyl (C=O) groups is 1. The van der Waals surface area contributed by atoms with Gasteiger partial charge in [-0.3, -0.25) is 24.7 Å². The summed E-state index contributed by atoms with van der Waals surface area (Å²) in [6.07, 6.45) is 10.4. The van der Waals surface area contributed by atoms with Gasteiger partial charge in [-0.2, -0.15) is 0 Å². The van der Waals surface area contributed by atoms with Gasteiger partial charge < -0.3 is 34.5 Å². The molecule has 0 bridgehead atoms. The number of rotatable bonds is 17. The summed E-state index contributed by atoms with van der Waals surface area (Å²) in [5.74, 6) is 1.60. The Kier molecular flexibility index (Phi) is 15.1. The molecule has 18 heteroatoms. The summed E-state index contributed by atoms with van der Waals surface area (Å²) in [5.41, 5.74) is 4.71. The largest absolute Gasteiger partial charge is 0.493 e. The number of aromatic nitrogens is 2. The summed E-state index contributed by atoms with van der Waals surface area (Å²) in [6, 6.07) is 28.3. The monoisotopic (exact) mass is 1050 g/mol. The van der Waals surface area contributed by atoms with Crippen LogP contribution in [0.1, 0.15) is 111 Å². The summed E-state index contributed by atoms with van der Waals surface area (Å²) in [4.78, 5) is 40.5. The van der Waals surface area contributed by atoms with Gasteiger partial charge in [0.2, 0.25) is 0 Å². The average molecular weight is 1060 g/mol. The van der Waals surface area contributed by atoms with E-state index >= 15 is 0 Å². The number of nitrogens with one attached hydrogen (secondary N) is 3. The number of nitro benzene ring substituents is 1. The standard InChI is InChI=1S/C58H70N8O9S/c1-38(2)46-8-6-7-9-47(46)51-37-63(36-40-10-15-52(73-4)54(28-40)74-5)26-27-65(51)43-32-58(33-43)21-24-64(25-22-58)42-11-13-48(53(30-42)75-44-29-41-18-23-59-55(41)61-35-44)56(67)62-76(71,72)45-12-14-49(50(31-45)66(69)70)60-34-39-16-19-57(3,68)20-17-39/h6-15,18,23,28-31,35,38-39,43,51,60,68H,16-17,19-22,24-27,32-34,36-37H2,1-5H3,(H,59,61)(H,62,67)/t39?,51-,57?/m0/s1. The minimum atomic E-state index is -4.59. The number of anilines is 2. The Morgan fingerprint density at radius 3 is 2.41 bits per heavy atom. The van der Waals surface area contributed by atoms with Crippen LogP contribution in [-0.2, 0) is 16.6 Å². The number of nitrogens with zero attached hydrogens (tertiary/aromatic N) is 5. The number of benzene rings is 4. The van der Waals surface area contributed by atoms with Gasteiger partial charge in [-0.05, 0) is 141 Å². The molecule has 2 saturated carbocycles. The van der Waals surface area contributed by atoms with Crippen molar-refractivity contribution in [3.63, 3.8) is 0 Å². The van der Waals surface area contributed by atoms with E-state index in [1.54, 1.807) is 44.8 Å². The number of fused-ring (bicyclic) bond motifs is 1. The third-order valence-electron chi connectivity index (χ3n) is 16.6. The minimum Gasteiger partial charge on any atom is -0.493 e. The molecule has 4 fully saturated rings. The number of aromatic amines is 1. The summed E-state index contributed by atoms with van der Waals surface area (Å²) in [5, 5.41) is 26.5. The van der Waals surface area contributed by atoms with Crippen molar-refractivity contribution in [1.82, 2.24) is 24.5 Å². The number of aliphatic hydroxyl groups is 1. The van der Waals surface area contributed by atoms with Crippen LogP contribution in [0.5, 0.6) is 23.0 Å². The van der Waals surface area contributed by atoms with E-state index in [0.29, 0.717) is 42.7 Å². The van der Waals surface area contributed by atoms with Crippen molar-refractivity contribution in [3.05, 3.63) is 136 Å². The third kappa shape index (κ3) is 11.4. The SMILES string of the molecule is COc1ccc(CN2CCN(C3CC4(CCN(c5ccc(C(=O)NS(=O)(=O)c6ccc(NCC7CCC(C)(O)CC7)c([N+](=O)[O-])c6)c(Oc6cnc7[nH]ccc7c6)c5)CC4)C3)[C@H](c3ccccc3C(C)C)C2)cc1OC. The lowest BCUT2D eigenvalue weighted by atomic mass is 9.59. The number of hydrogen-bond donors (Lipinski definition) is 4. The van der Waals surface area contributed by atoms with Gasteiger partial charge in [0.15, 0.2) is 11.5 Å². The van der Waals surface area contributed by atoms with Crippen LogP contribution < -0.4 is 29.1 Å². The van der Waals surface area contributed by atoms with Gasteiger partial charge in [-0.25, -0.2) is 18.1 Å². The lowest BCUT2D eigenvalue weighted by Crippen LogP contribution is -2.60. The number of nitro groups is 1. The number of carbonyl (C=O) groups excluding carboxylic acids is 1. The molecule has 2 aliphatic carbocycles. The predicted octanol–water partition coefficient (Wildman–Crippen LogP) is 10.2. The molecule has 6 aromatic rings. The number of piperidine rings is 1. The van der Waals surface area contributed by atoms with Gasteiger partial charge in [0.1, 0.15) is 22.8 Å². The lowest BCUT2D eigenvalue weighted by molar-refractivity contribution is -0.384. The van der Waals surface area contributed by atoms with Crippen molar-refractivity contribution in [2.24, 2.45) is 11.3 Å². The molecular formula is C58H70N8O9S. The topological polar surface area (TPSA) is 205 Å². The Labute approximate surface area is 445 Å². The maximum atomic E-state index is 14.1. The number of methoxy groups -OCH3 is 2. The van der Waals surface area contributed by atoms with Crippen LogP contribution in [0, 0.1) is 21.4 Å². The first kappa shape index (κ1) is 52.7. The Hall–Kier alpha value is -6.73. The van der Waals surface area contributed by atoms with Crippen LogP contribution in [0.15, 0.2) is 108 Å². The van der Waals surface area contributed by atoms with Crippen LogP contribution in [-0.4, -0.2) is 109 Å². The normalized spacial score (nSPS) is 21.3. The van der Waals surface area contributed by atoms with Gasteiger partial charge in [-0.15, -0.1) is 0 Å². The molecule has 1 atom stereocenters. The molecule has 10 rings (SSSR count). The van der Waals surface area contributed by atoms with Crippen molar-refractivity contribution in [2.45, 2.75) is 107 Å². The predicted molar refractivity (Wildman–Crippen MR) is 293 cm³/mol. The van der Waals surface area contributed by atoms with E-state index in [2.05, 4.69) is 85.0 Å². The van der Waals surface area contributed by atoms with E-state index < -0.39 is 37.0 Å². The van der Waals surface area contributed by atoms with Crippen LogP contribution in [0.2, 0.25) is 0 Å². The number of sulfonamides is 1. The Morgan fingerprint density at radius 1 is 0.908 bits per heavy atom. The highest BCUT2D eigenvalue weighted by molar-refractivity contribution is 7.90. The molecule has 2 saturated heterocycles. The number of H-pyrrole nitrogens is 1. The van der Waals surface area contributed by atoms with E-state index in [0.717, 1.165) is 106 Å². The first-order valence-electron chi connectivity index (χ1n) is 26.6. The molecule has 1 amide bonds. The first-order valence-corrected chi connectivity index (χ1v) is 28.1. The van der Waals surface area contributed by atoms with E-state index in [9.17, 15) is 28.4 Å². The minimum absolute atomic E-state index is 0.0338. The van der Waals surface area contributed by atoms with E-state index in [1.807, 2.05) is 25.1 Å². The van der Waals surface area contributed by atoms with Crippen molar-refractivity contribution in [1.29, 1.82) is 0 Å². The van der Waals surface area contributed by atoms with E-state index in [1.165, 1.54) is 28.8 Å². The molecule has 2 aliphatic heterocycles. The Balaban J connectivity index is 0.831. The zero-order valence-electron chi connectivity index (χ0n) is 44.1. The highest BCUT2D eigenvalue weighted by Crippen LogP contribution is 2.53. The molecule has 17 nitrogen and oxygen atoms in total. The van der Waals surface area contributed by atoms with Crippen LogP contribution in [0.25, 0.3) is 11.0 Å². The van der Waals surface area contributed by atoms with Crippen LogP contribution in [0.4, 0.5) is 17.1 Å². The first-order chi connectivity index (χ1) is 36.5. The number of ether oxygens (including phenoxy) is 3. The molecule has 4 aliphatic rings. The summed E-state index contributed by atoms with van der Waals surface area (Å²) in [6.45, 7) is 12.1. The van der Waals surface area contributed by atoms with Crippen molar-refractivity contribution in [3.8, 4) is 23.0 Å². The highest BCUT2D eigenvalue weighted by Gasteiger charge is 2.50. The van der Waals surface area contributed by atoms with Gasteiger partial charge in [-0.1, -0.05) is 44.2 Å². The molecule has 2 aromatic heterocycles. The highest BCUT2D eigenvalue weighted by atomic mass is 32.2. The van der Waals surface area contributed by atoms with Gasteiger partial charge >= 0.3 is 0 Å². The zero-order chi connectivity index (χ0) is 53.4. The van der Waals surface area contributed by atoms with Gasteiger partial charge in [0, 0.05) is 87.3 Å². The quantitative estimate of drug-likeness (QED) is 0.0496. The number of hydrogen-bond acceptors (Lipinski definition) is 14. The zero-order valence-corrected chi connectivity index (χ0v) is 44.9. The molecule has 1 spiro atoms. The van der Waals surface area contributed by atoms with Crippen molar-refractivity contribution < 1.29 is 37.5 Å². The smallest absolute Gasteiger partial charge is 0.293 e. The maximum Gasteiger partial charge on any atom is 0.293 e. The molecular weight excluding hydrogens is 985 g/mol. The average Bonchev–Trinajstić information content (AvgIpc) is 3.89. The Bertz CT molecular complexity index is 3190. The second-order valence-electron chi connectivity index (χ2n) is 22.1. The number of piperazine rings is 1. The van der Waals surface area contributed by atoms with Gasteiger partial charge in [0.05, 0.1) is 41.4 Å². The molecule has 4 N–H and O–H groups in total. The second-order valence-corrected chi connectivity index (χ2v) is 23.8. The van der Waals surface area contributed by atoms with Crippen LogP contribution in [0.3, 0.4) is 0 Å². The molecule has 0 radical (unpaired) electrons. The summed E-state index contributed by atoms with van der Waals surface area (Å²) >= 11 is 0. The lowest BCUT2D eigenvalue weighted by Gasteiger charge is -2.58. The van der Waals surface area contributed by atoms with E-state index in [4.69, 9.17) is 14.2 Å². The summed E-state index contributed by atoms with van der Waals surface area (Å²) in [7, 11) is -1.25. The van der Waals surface area contributed by atoms with Crippen LogP contribution >= 0.6 is 0 Å². The second kappa shape index (κ2) is 21.7. The fourth-order valence-electron chi connectivity index (χ4n) is 12.2. The van der Waals surface area contributed by atoms with Crippen molar-refractivity contribution >= 4 is 44.0 Å². The fourth-order valence-corrected chi connectivity index (χ4v) is 13.2. The number of amides is 1. The van der Waals surface area contributed by atoms with Gasteiger partial charge in [0.25, 0.3) is 21.6 Å². The molecule has 4 aromatic carbocycles. The molecule has 76 heavy (non-hydrogen) atoms. The molecule has 402 valence electrons. The third-order valence-corrected chi connectivity index (χ3v) is 17.9. The summed E-state index contributed by atoms with van der Waals surface area (Å²) < 4.78 is 47.5. The van der Waals surface area contributed by atoms with Crippen molar-refractivity contribution in [2.75, 3.05) is 63.7 Å². The molecule has 4 heterocycles. The Morgan fingerprint density at radius 2 is 1.67 bits per heavy atom.